The summed E-state index contributed by atoms with van der Waals surface area (Å²) in [6, 6.07) is 4.38. The SMILES string of the molecule is CNc1cc(C(C)(C)C)cc(NSC2CC2)c1OC. The standard InChI is InChI=1S/C15H24N2OS/c1-15(2,3)10-8-12(16-4)14(18-5)13(9-10)17-19-11-6-7-11/h8-9,11,16-17H,6-7H2,1-5H3. The second kappa shape index (κ2) is 5.53. The molecular formula is C15H24N2OS. The van der Waals surface area contributed by atoms with Gasteiger partial charge in [0.2, 0.25) is 0 Å². The zero-order valence-corrected chi connectivity index (χ0v) is 13.3. The van der Waals surface area contributed by atoms with Gasteiger partial charge in [-0.3, -0.25) is 0 Å². The molecule has 0 amide bonds. The molecule has 0 aliphatic heterocycles. The van der Waals surface area contributed by atoms with Gasteiger partial charge in [0.1, 0.15) is 0 Å². The molecule has 1 aliphatic rings. The van der Waals surface area contributed by atoms with Gasteiger partial charge in [-0.05, 0) is 47.9 Å². The molecule has 1 fully saturated rings. The molecule has 4 heteroatoms. The van der Waals surface area contributed by atoms with Crippen LogP contribution in [0.2, 0.25) is 0 Å². The molecule has 1 aliphatic carbocycles. The van der Waals surface area contributed by atoms with E-state index in [-0.39, 0.29) is 5.41 Å². The highest BCUT2D eigenvalue weighted by Crippen LogP contribution is 2.42. The van der Waals surface area contributed by atoms with E-state index in [1.165, 1.54) is 18.4 Å². The predicted molar refractivity (Wildman–Crippen MR) is 85.5 cm³/mol. The summed E-state index contributed by atoms with van der Waals surface area (Å²) in [7, 11) is 3.65. The van der Waals surface area contributed by atoms with Gasteiger partial charge >= 0.3 is 0 Å². The van der Waals surface area contributed by atoms with Crippen LogP contribution in [0.5, 0.6) is 5.75 Å². The number of anilines is 2. The minimum Gasteiger partial charge on any atom is -0.492 e. The van der Waals surface area contributed by atoms with Crippen LogP contribution in [0.3, 0.4) is 0 Å². The molecule has 19 heavy (non-hydrogen) atoms. The second-order valence-electron chi connectivity index (χ2n) is 6.02. The lowest BCUT2D eigenvalue weighted by atomic mass is 9.86. The van der Waals surface area contributed by atoms with Crippen molar-refractivity contribution in [2.75, 3.05) is 24.2 Å². The van der Waals surface area contributed by atoms with Crippen molar-refractivity contribution < 1.29 is 4.74 Å². The van der Waals surface area contributed by atoms with E-state index in [0.717, 1.165) is 22.4 Å². The van der Waals surface area contributed by atoms with Crippen molar-refractivity contribution in [2.24, 2.45) is 0 Å². The Kier molecular flexibility index (Phi) is 4.19. The maximum atomic E-state index is 5.55. The first kappa shape index (κ1) is 14.4. The highest BCUT2D eigenvalue weighted by atomic mass is 32.2. The maximum absolute atomic E-state index is 5.55. The Bertz CT molecular complexity index is 450. The van der Waals surface area contributed by atoms with E-state index in [9.17, 15) is 0 Å². The molecule has 2 N–H and O–H groups in total. The smallest absolute Gasteiger partial charge is 0.165 e. The normalized spacial score (nSPS) is 15.2. The Labute approximate surface area is 120 Å². The fraction of sp³-hybridized carbons (Fsp3) is 0.600. The summed E-state index contributed by atoms with van der Waals surface area (Å²) in [5.41, 5.74) is 3.53. The van der Waals surface area contributed by atoms with E-state index >= 15 is 0 Å². The Morgan fingerprint density at radius 3 is 2.32 bits per heavy atom. The fourth-order valence-corrected chi connectivity index (χ4v) is 2.69. The summed E-state index contributed by atoms with van der Waals surface area (Å²) in [6.45, 7) is 6.68. The van der Waals surface area contributed by atoms with Gasteiger partial charge < -0.3 is 14.8 Å². The molecule has 106 valence electrons. The zero-order valence-electron chi connectivity index (χ0n) is 12.5. The number of hydrogen-bond donors (Lipinski definition) is 2. The predicted octanol–water partition coefficient (Wildman–Crippen LogP) is 4.26. The van der Waals surface area contributed by atoms with E-state index in [0.29, 0.717) is 0 Å². The number of rotatable bonds is 5. The fourth-order valence-electron chi connectivity index (χ4n) is 1.88. The quantitative estimate of drug-likeness (QED) is 0.790. The molecule has 0 atom stereocenters. The minimum absolute atomic E-state index is 0.124. The van der Waals surface area contributed by atoms with Gasteiger partial charge in [0.25, 0.3) is 0 Å². The van der Waals surface area contributed by atoms with Crippen LogP contribution in [0.25, 0.3) is 0 Å². The van der Waals surface area contributed by atoms with Crippen LogP contribution in [0.4, 0.5) is 11.4 Å². The number of benzene rings is 1. The van der Waals surface area contributed by atoms with Gasteiger partial charge in [-0.25, -0.2) is 0 Å². The van der Waals surface area contributed by atoms with E-state index < -0.39 is 0 Å². The number of hydrogen-bond acceptors (Lipinski definition) is 4. The molecule has 0 heterocycles. The van der Waals surface area contributed by atoms with Gasteiger partial charge in [0, 0.05) is 12.3 Å². The van der Waals surface area contributed by atoms with E-state index in [1.807, 2.05) is 7.05 Å². The Morgan fingerprint density at radius 1 is 1.21 bits per heavy atom. The number of ether oxygens (including phenoxy) is 1. The molecule has 0 unspecified atom stereocenters. The zero-order chi connectivity index (χ0) is 14.0. The first-order valence-electron chi connectivity index (χ1n) is 6.77. The first-order chi connectivity index (χ1) is 8.95. The third kappa shape index (κ3) is 3.50. The summed E-state index contributed by atoms with van der Waals surface area (Å²) >= 11 is 1.81. The summed E-state index contributed by atoms with van der Waals surface area (Å²) < 4.78 is 9.01. The lowest BCUT2D eigenvalue weighted by molar-refractivity contribution is 0.418. The highest BCUT2D eigenvalue weighted by molar-refractivity contribution is 8.01. The number of nitrogens with one attached hydrogen (secondary N) is 2. The molecule has 0 saturated heterocycles. The highest BCUT2D eigenvalue weighted by Gasteiger charge is 2.24. The van der Waals surface area contributed by atoms with Crippen LogP contribution in [0, 0.1) is 0 Å². The van der Waals surface area contributed by atoms with Crippen molar-refractivity contribution in [2.45, 2.75) is 44.3 Å². The molecule has 1 aromatic carbocycles. The molecule has 1 saturated carbocycles. The van der Waals surface area contributed by atoms with Gasteiger partial charge in [-0.1, -0.05) is 20.8 Å². The van der Waals surface area contributed by atoms with Gasteiger partial charge in [-0.15, -0.1) is 0 Å². The van der Waals surface area contributed by atoms with Gasteiger partial charge in [0.15, 0.2) is 5.75 Å². The average molecular weight is 280 g/mol. The summed E-state index contributed by atoms with van der Waals surface area (Å²) in [5.74, 6) is 0.892. The lowest BCUT2D eigenvalue weighted by Gasteiger charge is -2.23. The topological polar surface area (TPSA) is 33.3 Å². The van der Waals surface area contributed by atoms with E-state index in [2.05, 4.69) is 42.9 Å². The summed E-state index contributed by atoms with van der Waals surface area (Å²) in [4.78, 5) is 0. The van der Waals surface area contributed by atoms with Crippen LogP contribution in [-0.2, 0) is 5.41 Å². The largest absolute Gasteiger partial charge is 0.492 e. The van der Waals surface area contributed by atoms with Gasteiger partial charge in [-0.2, -0.15) is 0 Å². The second-order valence-corrected chi connectivity index (χ2v) is 7.13. The molecule has 2 rings (SSSR count). The van der Waals surface area contributed by atoms with Crippen molar-refractivity contribution in [1.82, 2.24) is 0 Å². The molecule has 0 radical (unpaired) electrons. The monoisotopic (exact) mass is 280 g/mol. The maximum Gasteiger partial charge on any atom is 0.165 e. The molecule has 0 spiro atoms. The first-order valence-corrected chi connectivity index (χ1v) is 7.65. The summed E-state index contributed by atoms with van der Waals surface area (Å²) in [5, 5.41) is 3.99. The van der Waals surface area contributed by atoms with Crippen LogP contribution in [-0.4, -0.2) is 19.4 Å². The minimum atomic E-state index is 0.124. The molecule has 0 aromatic heterocycles. The molecule has 1 aromatic rings. The summed E-state index contributed by atoms with van der Waals surface area (Å²) in [6.07, 6.45) is 2.63. The Balaban J connectivity index is 2.34. The third-order valence-corrected chi connectivity index (χ3v) is 4.43. The van der Waals surface area contributed by atoms with Crippen LogP contribution in [0.15, 0.2) is 12.1 Å². The van der Waals surface area contributed by atoms with Crippen molar-refractivity contribution in [3.63, 3.8) is 0 Å². The Morgan fingerprint density at radius 2 is 1.84 bits per heavy atom. The lowest BCUT2D eigenvalue weighted by Crippen LogP contribution is -2.12. The van der Waals surface area contributed by atoms with Gasteiger partial charge in [0.05, 0.1) is 18.5 Å². The molecule has 0 bridgehead atoms. The van der Waals surface area contributed by atoms with E-state index in [1.54, 1.807) is 19.1 Å². The van der Waals surface area contributed by atoms with Crippen molar-refractivity contribution in [1.29, 1.82) is 0 Å². The van der Waals surface area contributed by atoms with Crippen LogP contribution in [0.1, 0.15) is 39.2 Å². The Hall–Kier alpha value is -1.03. The van der Waals surface area contributed by atoms with Crippen molar-refractivity contribution >= 4 is 23.3 Å². The third-order valence-electron chi connectivity index (χ3n) is 3.29. The average Bonchev–Trinajstić information content (AvgIpc) is 3.17. The molecule has 3 nitrogen and oxygen atoms in total. The van der Waals surface area contributed by atoms with E-state index in [4.69, 9.17) is 4.74 Å². The van der Waals surface area contributed by atoms with Crippen LogP contribution < -0.4 is 14.8 Å². The molecular weight excluding hydrogens is 256 g/mol. The van der Waals surface area contributed by atoms with Crippen LogP contribution >= 0.6 is 11.9 Å². The van der Waals surface area contributed by atoms with Crippen molar-refractivity contribution in [3.8, 4) is 5.75 Å². The number of methoxy groups -OCH3 is 1. The van der Waals surface area contributed by atoms with Crippen molar-refractivity contribution in [3.05, 3.63) is 17.7 Å².